The Morgan fingerprint density at radius 1 is 1.26 bits per heavy atom. The van der Waals surface area contributed by atoms with Gasteiger partial charge in [-0.15, -0.1) is 0 Å². The number of nitrogens with zero attached hydrogens (tertiary/aromatic N) is 1. The molecule has 27 heavy (non-hydrogen) atoms. The molecule has 0 spiro atoms. The topological polar surface area (TPSA) is 73.4 Å². The Kier molecular flexibility index (Phi) is 4.99. The summed E-state index contributed by atoms with van der Waals surface area (Å²) < 4.78 is 15.1. The van der Waals surface area contributed by atoms with E-state index in [1.165, 1.54) is 6.20 Å². The van der Waals surface area contributed by atoms with Gasteiger partial charge in [0.1, 0.15) is 11.4 Å². The molecular formula is C21H21FN2O3. The lowest BCUT2D eigenvalue weighted by Crippen LogP contribution is -2.22. The van der Waals surface area contributed by atoms with Crippen molar-refractivity contribution in [1.82, 2.24) is 4.98 Å². The lowest BCUT2D eigenvalue weighted by molar-refractivity contribution is 0.0695. The van der Waals surface area contributed by atoms with Crippen LogP contribution >= 0.6 is 0 Å². The van der Waals surface area contributed by atoms with Crippen molar-refractivity contribution in [1.29, 1.82) is 0 Å². The number of halogens is 1. The smallest absolute Gasteiger partial charge is 0.341 e. The number of aromatic carboxylic acids is 1. The first-order chi connectivity index (χ1) is 12.8. The predicted molar refractivity (Wildman–Crippen MR) is 104 cm³/mol. The summed E-state index contributed by atoms with van der Waals surface area (Å²) in [5.74, 6) is -1.96. The van der Waals surface area contributed by atoms with E-state index in [1.807, 2.05) is 49.1 Å². The summed E-state index contributed by atoms with van der Waals surface area (Å²) in [7, 11) is 1.80. The summed E-state index contributed by atoms with van der Waals surface area (Å²) in [6, 6.07) is 10.8. The molecule has 6 heteroatoms. The van der Waals surface area contributed by atoms with E-state index in [4.69, 9.17) is 5.11 Å². The lowest BCUT2D eigenvalue weighted by atomic mass is 9.95. The summed E-state index contributed by atoms with van der Waals surface area (Å²) in [6.07, 6.45) is 1.18. The molecule has 1 aromatic heterocycles. The number of aromatic amines is 1. The SMILES string of the molecule is CC(C)c1c(N(C)Cc2ccccc2)c(F)cc2c(=O)c(C(=O)O)c[nH]c12. The van der Waals surface area contributed by atoms with Crippen molar-refractivity contribution in [2.75, 3.05) is 11.9 Å². The van der Waals surface area contributed by atoms with Crippen LogP contribution in [0.1, 0.15) is 41.3 Å². The van der Waals surface area contributed by atoms with Gasteiger partial charge in [0.2, 0.25) is 5.43 Å². The minimum atomic E-state index is -1.34. The van der Waals surface area contributed by atoms with Crippen LogP contribution in [0.25, 0.3) is 10.9 Å². The standard InChI is InChI=1S/C21H21FN2O3/c1-12(2)17-18-14(20(25)15(10-23-18)21(26)27)9-16(22)19(17)24(3)11-13-7-5-4-6-8-13/h4-10,12H,11H2,1-3H3,(H,23,25)(H,26,27). The Balaban J connectivity index is 2.22. The maximum Gasteiger partial charge on any atom is 0.341 e. The Morgan fingerprint density at radius 2 is 1.93 bits per heavy atom. The normalized spacial score (nSPS) is 11.1. The number of rotatable bonds is 5. The Hall–Kier alpha value is -3.15. The van der Waals surface area contributed by atoms with Crippen LogP contribution in [-0.2, 0) is 6.54 Å². The van der Waals surface area contributed by atoms with E-state index in [-0.39, 0.29) is 11.3 Å². The Labute approximate surface area is 156 Å². The van der Waals surface area contributed by atoms with Crippen LogP contribution in [0.4, 0.5) is 10.1 Å². The van der Waals surface area contributed by atoms with E-state index < -0.39 is 22.8 Å². The molecule has 3 aromatic rings. The maximum absolute atomic E-state index is 15.1. The molecule has 0 aliphatic carbocycles. The number of nitrogens with one attached hydrogen (secondary N) is 1. The third kappa shape index (κ3) is 3.43. The van der Waals surface area contributed by atoms with Crippen molar-refractivity contribution in [3.63, 3.8) is 0 Å². The minimum absolute atomic E-state index is 0.0490. The first kappa shape index (κ1) is 18.6. The van der Waals surface area contributed by atoms with Gasteiger partial charge < -0.3 is 15.0 Å². The quantitative estimate of drug-likeness (QED) is 0.710. The molecule has 0 aliphatic heterocycles. The Morgan fingerprint density at radius 3 is 2.52 bits per heavy atom. The molecule has 0 aliphatic rings. The second-order valence-electron chi connectivity index (χ2n) is 6.88. The van der Waals surface area contributed by atoms with Crippen molar-refractivity contribution in [2.24, 2.45) is 0 Å². The molecule has 0 amide bonds. The van der Waals surface area contributed by atoms with Crippen molar-refractivity contribution in [3.05, 3.63) is 75.3 Å². The summed E-state index contributed by atoms with van der Waals surface area (Å²) in [6.45, 7) is 4.33. The first-order valence-corrected chi connectivity index (χ1v) is 8.67. The zero-order valence-electron chi connectivity index (χ0n) is 15.4. The summed E-state index contributed by atoms with van der Waals surface area (Å²) in [5, 5.41) is 9.21. The summed E-state index contributed by atoms with van der Waals surface area (Å²) in [5.41, 5.74) is 1.47. The molecule has 0 radical (unpaired) electrons. The second-order valence-corrected chi connectivity index (χ2v) is 6.88. The van der Waals surface area contributed by atoms with E-state index in [0.717, 1.165) is 11.6 Å². The van der Waals surface area contributed by atoms with Crippen LogP contribution in [0.2, 0.25) is 0 Å². The highest BCUT2D eigenvalue weighted by Gasteiger charge is 2.23. The van der Waals surface area contributed by atoms with E-state index in [1.54, 1.807) is 7.05 Å². The largest absolute Gasteiger partial charge is 0.477 e. The molecule has 5 nitrogen and oxygen atoms in total. The van der Waals surface area contributed by atoms with Crippen LogP contribution in [0.5, 0.6) is 0 Å². The fraction of sp³-hybridized carbons (Fsp3) is 0.238. The van der Waals surface area contributed by atoms with Crippen molar-refractivity contribution >= 4 is 22.6 Å². The molecule has 0 fully saturated rings. The number of anilines is 1. The third-order valence-corrected chi connectivity index (χ3v) is 4.59. The molecule has 0 atom stereocenters. The molecule has 1 heterocycles. The van der Waals surface area contributed by atoms with Crippen molar-refractivity contribution in [2.45, 2.75) is 26.3 Å². The number of H-pyrrole nitrogens is 1. The Bertz CT molecular complexity index is 1060. The van der Waals surface area contributed by atoms with Gasteiger partial charge in [0, 0.05) is 30.7 Å². The van der Waals surface area contributed by atoms with Crippen LogP contribution in [0, 0.1) is 5.82 Å². The molecule has 0 saturated heterocycles. The molecule has 0 unspecified atom stereocenters. The number of carbonyl (C=O) groups is 1. The van der Waals surface area contributed by atoms with Crippen LogP contribution in [0.15, 0.2) is 47.4 Å². The average Bonchev–Trinajstić information content (AvgIpc) is 2.61. The van der Waals surface area contributed by atoms with Gasteiger partial charge in [0.05, 0.1) is 11.2 Å². The van der Waals surface area contributed by atoms with Crippen molar-refractivity contribution < 1.29 is 14.3 Å². The van der Waals surface area contributed by atoms with Crippen LogP contribution in [0.3, 0.4) is 0 Å². The van der Waals surface area contributed by atoms with Crippen molar-refractivity contribution in [3.8, 4) is 0 Å². The van der Waals surface area contributed by atoms with Gasteiger partial charge in [-0.05, 0) is 17.5 Å². The molecule has 0 bridgehead atoms. The lowest BCUT2D eigenvalue weighted by Gasteiger charge is -2.26. The zero-order chi connectivity index (χ0) is 19.7. The van der Waals surface area contributed by atoms with E-state index in [0.29, 0.717) is 23.3 Å². The van der Waals surface area contributed by atoms with Crippen LogP contribution in [-0.4, -0.2) is 23.1 Å². The number of aromatic nitrogens is 1. The predicted octanol–water partition coefficient (Wildman–Crippen LogP) is 4.13. The van der Waals surface area contributed by atoms with Gasteiger partial charge in [-0.1, -0.05) is 44.2 Å². The number of hydrogen-bond acceptors (Lipinski definition) is 3. The molecule has 3 rings (SSSR count). The van der Waals surface area contributed by atoms with Gasteiger partial charge in [0.25, 0.3) is 0 Å². The minimum Gasteiger partial charge on any atom is -0.477 e. The highest BCUT2D eigenvalue weighted by molar-refractivity contribution is 5.95. The van der Waals surface area contributed by atoms with Crippen LogP contribution < -0.4 is 10.3 Å². The van der Waals surface area contributed by atoms with E-state index in [2.05, 4.69) is 4.98 Å². The zero-order valence-corrected chi connectivity index (χ0v) is 15.4. The summed E-state index contributed by atoms with van der Waals surface area (Å²) in [4.78, 5) is 28.4. The van der Waals surface area contributed by atoms with Gasteiger partial charge in [-0.25, -0.2) is 9.18 Å². The van der Waals surface area contributed by atoms with E-state index in [9.17, 15) is 9.59 Å². The average molecular weight is 368 g/mol. The second kappa shape index (κ2) is 7.23. The van der Waals surface area contributed by atoms with Gasteiger partial charge in [-0.3, -0.25) is 4.79 Å². The molecular weight excluding hydrogens is 347 g/mol. The summed E-state index contributed by atoms with van der Waals surface area (Å²) >= 11 is 0. The molecule has 2 N–H and O–H groups in total. The number of benzene rings is 2. The number of carboxylic acid groups (broad SMARTS) is 1. The number of fused-ring (bicyclic) bond motifs is 1. The highest BCUT2D eigenvalue weighted by Crippen LogP contribution is 2.35. The maximum atomic E-state index is 15.1. The molecule has 2 aromatic carbocycles. The van der Waals surface area contributed by atoms with Gasteiger partial charge in [-0.2, -0.15) is 0 Å². The van der Waals surface area contributed by atoms with E-state index >= 15 is 4.39 Å². The first-order valence-electron chi connectivity index (χ1n) is 8.67. The fourth-order valence-electron chi connectivity index (χ4n) is 3.39. The third-order valence-electron chi connectivity index (χ3n) is 4.59. The monoisotopic (exact) mass is 368 g/mol. The molecule has 0 saturated carbocycles. The van der Waals surface area contributed by atoms with Gasteiger partial charge in [0.15, 0.2) is 0 Å². The fourth-order valence-corrected chi connectivity index (χ4v) is 3.39. The number of pyridine rings is 1. The highest BCUT2D eigenvalue weighted by atomic mass is 19.1. The number of carboxylic acids is 1. The number of hydrogen-bond donors (Lipinski definition) is 2. The van der Waals surface area contributed by atoms with Gasteiger partial charge >= 0.3 is 5.97 Å². The molecule has 140 valence electrons.